The summed E-state index contributed by atoms with van der Waals surface area (Å²) in [4.78, 5) is 14.9. The molecule has 66 valence electrons. The number of amides is 1. The summed E-state index contributed by atoms with van der Waals surface area (Å²) in [6.07, 6.45) is 0.254. The average molecular weight is 206 g/mol. The van der Waals surface area contributed by atoms with E-state index in [9.17, 15) is 4.79 Å². The van der Waals surface area contributed by atoms with Crippen LogP contribution in [0.25, 0.3) is 0 Å². The van der Waals surface area contributed by atoms with Gasteiger partial charge in [-0.15, -0.1) is 11.3 Å². The number of nitrogens with one attached hydrogen (secondary N) is 2. The number of nitrogens with zero attached hydrogens (tertiary/aromatic N) is 1. The summed E-state index contributed by atoms with van der Waals surface area (Å²) in [6.45, 7) is 0. The van der Waals surface area contributed by atoms with E-state index in [4.69, 9.17) is 11.6 Å². The van der Waals surface area contributed by atoms with E-state index in [0.29, 0.717) is 10.2 Å². The minimum atomic E-state index is -0.125. The highest BCUT2D eigenvalue weighted by Gasteiger charge is 2.04. The Morgan fingerprint density at radius 1 is 1.83 bits per heavy atom. The van der Waals surface area contributed by atoms with E-state index in [1.54, 1.807) is 12.4 Å². The molecule has 0 radical (unpaired) electrons. The number of carbonyl (C=O) groups is 1. The summed E-state index contributed by atoms with van der Waals surface area (Å²) < 4.78 is 0.460. The molecule has 0 aliphatic rings. The quantitative estimate of drug-likeness (QED) is 0.711. The van der Waals surface area contributed by atoms with E-state index in [1.807, 2.05) is 0 Å². The number of thiazole rings is 1. The zero-order valence-corrected chi connectivity index (χ0v) is 8.00. The number of hydrogen-bond donors (Lipinski definition) is 2. The van der Waals surface area contributed by atoms with E-state index in [0.717, 1.165) is 0 Å². The Bertz CT molecular complexity index is 276. The average Bonchev–Trinajstić information content (AvgIpc) is 2.36. The highest BCUT2D eigenvalue weighted by Crippen LogP contribution is 2.14. The molecule has 0 unspecified atom stereocenters. The molecular formula is C6H8ClN3OS. The standard InChI is InChI=1S/C6H8ClN3OS/c1-8-10-5(11)2-4-3-12-6(7)9-4/h3,8H,2H2,1H3,(H,10,11). The summed E-state index contributed by atoms with van der Waals surface area (Å²) >= 11 is 6.90. The second-order valence-corrected chi connectivity index (χ2v) is 3.51. The highest BCUT2D eigenvalue weighted by molar-refractivity contribution is 7.13. The third-order valence-corrected chi connectivity index (χ3v) is 2.16. The molecule has 1 aromatic heterocycles. The van der Waals surface area contributed by atoms with Gasteiger partial charge in [0.05, 0.1) is 12.1 Å². The van der Waals surface area contributed by atoms with Crippen molar-refractivity contribution < 1.29 is 4.79 Å². The van der Waals surface area contributed by atoms with Crippen molar-refractivity contribution in [3.8, 4) is 0 Å². The lowest BCUT2D eigenvalue weighted by atomic mass is 10.3. The summed E-state index contributed by atoms with van der Waals surface area (Å²) in [5, 5.41) is 1.76. The van der Waals surface area contributed by atoms with Gasteiger partial charge in [-0.25, -0.2) is 10.4 Å². The first-order valence-corrected chi connectivity index (χ1v) is 4.53. The van der Waals surface area contributed by atoms with Crippen molar-refractivity contribution >= 4 is 28.8 Å². The van der Waals surface area contributed by atoms with Gasteiger partial charge >= 0.3 is 0 Å². The fourth-order valence-electron chi connectivity index (χ4n) is 0.712. The zero-order chi connectivity index (χ0) is 8.97. The molecule has 0 aliphatic heterocycles. The third kappa shape index (κ3) is 2.77. The van der Waals surface area contributed by atoms with Crippen molar-refractivity contribution in [3.05, 3.63) is 15.5 Å². The summed E-state index contributed by atoms with van der Waals surface area (Å²) in [7, 11) is 1.63. The number of hydrazine groups is 1. The van der Waals surface area contributed by atoms with E-state index in [2.05, 4.69) is 15.8 Å². The van der Waals surface area contributed by atoms with Gasteiger partial charge in [0.25, 0.3) is 0 Å². The second-order valence-electron chi connectivity index (χ2n) is 2.07. The van der Waals surface area contributed by atoms with Crippen LogP contribution in [0, 0.1) is 0 Å². The molecule has 2 N–H and O–H groups in total. The molecule has 1 rings (SSSR count). The predicted molar refractivity (Wildman–Crippen MR) is 48.0 cm³/mol. The molecule has 6 heteroatoms. The molecule has 0 aromatic carbocycles. The molecule has 4 nitrogen and oxygen atoms in total. The second kappa shape index (κ2) is 4.39. The van der Waals surface area contributed by atoms with Crippen LogP contribution in [0.3, 0.4) is 0 Å². The number of hydrogen-bond acceptors (Lipinski definition) is 4. The molecule has 1 aromatic rings. The van der Waals surface area contributed by atoms with E-state index >= 15 is 0 Å². The Balaban J connectivity index is 2.46. The number of aromatic nitrogens is 1. The number of halogens is 1. The van der Waals surface area contributed by atoms with E-state index in [-0.39, 0.29) is 12.3 Å². The van der Waals surface area contributed by atoms with Gasteiger partial charge in [-0.2, -0.15) is 0 Å². The van der Waals surface area contributed by atoms with Crippen LogP contribution in [-0.4, -0.2) is 17.9 Å². The van der Waals surface area contributed by atoms with Gasteiger partial charge in [0.1, 0.15) is 0 Å². The largest absolute Gasteiger partial charge is 0.292 e. The molecular weight excluding hydrogens is 198 g/mol. The van der Waals surface area contributed by atoms with Gasteiger partial charge in [0, 0.05) is 12.4 Å². The molecule has 0 saturated heterocycles. The molecule has 12 heavy (non-hydrogen) atoms. The van der Waals surface area contributed by atoms with Gasteiger partial charge in [-0.3, -0.25) is 10.2 Å². The van der Waals surface area contributed by atoms with Gasteiger partial charge in [0.2, 0.25) is 5.91 Å². The van der Waals surface area contributed by atoms with Gasteiger partial charge in [-0.1, -0.05) is 11.6 Å². The first-order valence-electron chi connectivity index (χ1n) is 3.28. The Hall–Kier alpha value is -0.650. The van der Waals surface area contributed by atoms with Gasteiger partial charge in [0.15, 0.2) is 4.47 Å². The van der Waals surface area contributed by atoms with Crippen LogP contribution < -0.4 is 10.9 Å². The van der Waals surface area contributed by atoms with Crippen molar-refractivity contribution in [2.45, 2.75) is 6.42 Å². The van der Waals surface area contributed by atoms with Crippen LogP contribution in [0.5, 0.6) is 0 Å². The predicted octanol–water partition coefficient (Wildman–Crippen LogP) is 0.590. The van der Waals surface area contributed by atoms with E-state index in [1.165, 1.54) is 11.3 Å². The van der Waals surface area contributed by atoms with Crippen molar-refractivity contribution in [2.24, 2.45) is 0 Å². The normalized spacial score (nSPS) is 9.83. The maximum atomic E-state index is 11.0. The van der Waals surface area contributed by atoms with Crippen LogP contribution in [-0.2, 0) is 11.2 Å². The SMILES string of the molecule is CNNC(=O)Cc1csc(Cl)n1. The van der Waals surface area contributed by atoms with Gasteiger partial charge in [-0.05, 0) is 0 Å². The van der Waals surface area contributed by atoms with Gasteiger partial charge < -0.3 is 0 Å². The zero-order valence-electron chi connectivity index (χ0n) is 6.43. The van der Waals surface area contributed by atoms with Crippen LogP contribution in [0.2, 0.25) is 4.47 Å². The summed E-state index contributed by atoms with van der Waals surface area (Å²) in [5.41, 5.74) is 5.67. The molecule has 0 bridgehead atoms. The molecule has 1 amide bonds. The molecule has 1 heterocycles. The van der Waals surface area contributed by atoms with Crippen molar-refractivity contribution in [2.75, 3.05) is 7.05 Å². The summed E-state index contributed by atoms with van der Waals surface area (Å²) in [6, 6.07) is 0. The molecule has 0 spiro atoms. The minimum Gasteiger partial charge on any atom is -0.292 e. The van der Waals surface area contributed by atoms with Crippen LogP contribution in [0.4, 0.5) is 0 Å². The minimum absolute atomic E-state index is 0.125. The number of carbonyl (C=O) groups excluding carboxylic acids is 1. The highest BCUT2D eigenvalue weighted by atomic mass is 35.5. The maximum absolute atomic E-state index is 11.0. The van der Waals surface area contributed by atoms with Crippen LogP contribution in [0.1, 0.15) is 5.69 Å². The molecule has 0 atom stereocenters. The lowest BCUT2D eigenvalue weighted by Gasteiger charge is -1.98. The lowest BCUT2D eigenvalue weighted by molar-refractivity contribution is -0.121. The summed E-state index contributed by atoms with van der Waals surface area (Å²) in [5.74, 6) is -0.125. The van der Waals surface area contributed by atoms with Crippen LogP contribution >= 0.6 is 22.9 Å². The van der Waals surface area contributed by atoms with E-state index < -0.39 is 0 Å². The fourth-order valence-corrected chi connectivity index (χ4v) is 1.49. The van der Waals surface area contributed by atoms with Crippen molar-refractivity contribution in [1.29, 1.82) is 0 Å². The first-order chi connectivity index (χ1) is 5.72. The third-order valence-electron chi connectivity index (χ3n) is 1.13. The smallest absolute Gasteiger partial charge is 0.240 e. The first kappa shape index (κ1) is 9.44. The number of rotatable bonds is 3. The van der Waals surface area contributed by atoms with Crippen molar-refractivity contribution in [1.82, 2.24) is 15.8 Å². The monoisotopic (exact) mass is 205 g/mol. The Morgan fingerprint density at radius 2 is 2.58 bits per heavy atom. The molecule has 0 saturated carbocycles. The maximum Gasteiger partial charge on any atom is 0.240 e. The van der Waals surface area contributed by atoms with Crippen LogP contribution in [0.15, 0.2) is 5.38 Å². The Kier molecular flexibility index (Phi) is 3.46. The Labute approximate surface area is 78.9 Å². The molecule has 0 fully saturated rings. The Morgan fingerprint density at radius 3 is 3.08 bits per heavy atom. The lowest BCUT2D eigenvalue weighted by Crippen LogP contribution is -2.35. The topological polar surface area (TPSA) is 54.0 Å². The van der Waals surface area contributed by atoms with Crippen molar-refractivity contribution in [3.63, 3.8) is 0 Å². The fraction of sp³-hybridized carbons (Fsp3) is 0.333. The molecule has 0 aliphatic carbocycles.